The number of benzene rings is 1. The van der Waals surface area contributed by atoms with Gasteiger partial charge in [0.1, 0.15) is 0 Å². The van der Waals surface area contributed by atoms with Crippen molar-refractivity contribution >= 4 is 5.91 Å². The van der Waals surface area contributed by atoms with Gasteiger partial charge >= 0.3 is 0 Å². The summed E-state index contributed by atoms with van der Waals surface area (Å²) < 4.78 is 12.6. The van der Waals surface area contributed by atoms with Crippen LogP contribution in [0.15, 0.2) is 42.5 Å². The number of ether oxygens (including phenoxy) is 2. The van der Waals surface area contributed by atoms with E-state index in [0.29, 0.717) is 31.1 Å². The summed E-state index contributed by atoms with van der Waals surface area (Å²) in [6, 6.07) is 5.71. The number of unbranched alkanes of at least 4 members (excludes halogenated alkanes) is 27. The van der Waals surface area contributed by atoms with Crippen molar-refractivity contribution in [1.82, 2.24) is 16.0 Å². The molecule has 0 bridgehead atoms. The molecule has 0 aliphatic rings. The first-order valence-corrected chi connectivity index (χ1v) is 26.8. The number of amides is 1. The summed E-state index contributed by atoms with van der Waals surface area (Å²) in [5, 5.41) is 10.2. The molecule has 5 N–H and O–H groups in total. The van der Waals surface area contributed by atoms with Gasteiger partial charge in [0.05, 0.1) is 13.2 Å². The molecule has 0 saturated heterocycles. The van der Waals surface area contributed by atoms with Crippen LogP contribution in [0.5, 0.6) is 11.5 Å². The van der Waals surface area contributed by atoms with Crippen molar-refractivity contribution in [1.29, 1.82) is 0 Å². The molecular weight excluding hydrogens is 871 g/mol. The average Bonchev–Trinajstić information content (AvgIpc) is 3.28. The quantitative estimate of drug-likeness (QED) is 0.0492. The molecule has 1 aromatic rings. The number of hydrogen-bond donors (Lipinski definition) is 4. The van der Waals surface area contributed by atoms with Crippen LogP contribution in [0.3, 0.4) is 0 Å². The predicted octanol–water partition coefficient (Wildman–Crippen LogP) is 5.74. The van der Waals surface area contributed by atoms with Crippen LogP contribution in [-0.2, 0) is 0 Å². The molecule has 0 heterocycles. The van der Waals surface area contributed by atoms with Crippen molar-refractivity contribution in [2.45, 2.75) is 232 Å². The molecule has 0 radical (unpaired) electrons. The number of nitrogens with one attached hydrogen (secondary N) is 3. The standard InChI is InChI=1S/C55H102N4O3.3ClH/c1-3-5-7-9-11-13-15-17-19-21-23-25-27-29-31-39-49-61-53-42-41-52(55(60)59-48-38-37-47-58-46-36-35-45-57-44-34-33-43-56)51-54(53)62-50-40-32-30-28-26-24-22-20-18-16-14-12-10-8-6-4-2;;;/h17-20,41-42,51,57-58H,3-16,21-40,43-50,56H2,1-2H3,(H,59,60);3*1H/p-3/b19-17-,20-18-;;;. The van der Waals surface area contributed by atoms with E-state index in [1.54, 1.807) is 0 Å². The molecule has 0 aliphatic heterocycles. The Morgan fingerprint density at radius 1 is 0.446 bits per heavy atom. The Morgan fingerprint density at radius 3 is 1.22 bits per heavy atom. The predicted molar refractivity (Wildman–Crippen MR) is 271 cm³/mol. The lowest BCUT2D eigenvalue weighted by atomic mass is 10.1. The maximum absolute atomic E-state index is 13.1. The third-order valence-electron chi connectivity index (χ3n) is 11.9. The molecule has 384 valence electrons. The van der Waals surface area contributed by atoms with Gasteiger partial charge in [0.15, 0.2) is 11.5 Å². The average molecular weight is 974 g/mol. The number of carbonyl (C=O) groups is 1. The second-order valence-corrected chi connectivity index (χ2v) is 17.9. The van der Waals surface area contributed by atoms with Gasteiger partial charge < -0.3 is 68.4 Å². The number of nitrogens with two attached hydrogens (primary N) is 1. The molecule has 65 heavy (non-hydrogen) atoms. The van der Waals surface area contributed by atoms with Gasteiger partial charge in [-0.2, -0.15) is 0 Å². The van der Waals surface area contributed by atoms with E-state index in [4.69, 9.17) is 15.2 Å². The second-order valence-electron chi connectivity index (χ2n) is 17.9. The zero-order chi connectivity index (χ0) is 44.5. The number of rotatable bonds is 49. The molecule has 0 aromatic heterocycles. The van der Waals surface area contributed by atoms with Crippen molar-refractivity contribution in [3.05, 3.63) is 48.1 Å². The van der Waals surface area contributed by atoms with E-state index in [-0.39, 0.29) is 43.1 Å². The number of halogens is 3. The molecule has 1 aromatic carbocycles. The van der Waals surface area contributed by atoms with Gasteiger partial charge in [0.2, 0.25) is 0 Å². The van der Waals surface area contributed by atoms with Crippen molar-refractivity contribution in [2.24, 2.45) is 5.73 Å². The van der Waals surface area contributed by atoms with Crippen LogP contribution in [0.25, 0.3) is 0 Å². The highest BCUT2D eigenvalue weighted by atomic mass is 35.5. The molecule has 0 fully saturated rings. The van der Waals surface area contributed by atoms with Crippen molar-refractivity contribution in [3.8, 4) is 11.5 Å². The van der Waals surface area contributed by atoms with Crippen LogP contribution in [0.1, 0.15) is 243 Å². The van der Waals surface area contributed by atoms with Crippen molar-refractivity contribution in [2.75, 3.05) is 52.5 Å². The number of hydrogen-bond acceptors (Lipinski definition) is 6. The van der Waals surface area contributed by atoms with Gasteiger partial charge in [-0.05, 0) is 154 Å². The van der Waals surface area contributed by atoms with Crippen molar-refractivity contribution < 1.29 is 51.5 Å². The Labute approximate surface area is 421 Å². The van der Waals surface area contributed by atoms with Gasteiger partial charge in [-0.25, -0.2) is 0 Å². The first-order valence-electron chi connectivity index (χ1n) is 26.8. The first kappa shape index (κ1) is 67.8. The fraction of sp³-hybridized carbons (Fsp3) is 0.800. The summed E-state index contributed by atoms with van der Waals surface area (Å²) in [6.45, 7) is 11.5. The highest BCUT2D eigenvalue weighted by Gasteiger charge is 2.12. The maximum atomic E-state index is 13.1. The number of allylic oxidation sites excluding steroid dienone is 4. The molecule has 1 amide bonds. The van der Waals surface area contributed by atoms with E-state index in [0.717, 1.165) is 77.0 Å². The molecule has 7 nitrogen and oxygen atoms in total. The summed E-state index contributed by atoms with van der Waals surface area (Å²) in [5.74, 6) is 1.41. The summed E-state index contributed by atoms with van der Waals surface area (Å²) in [6.07, 6.45) is 52.4. The van der Waals surface area contributed by atoms with Crippen LogP contribution in [0, 0.1) is 0 Å². The van der Waals surface area contributed by atoms with E-state index in [1.165, 1.54) is 180 Å². The third kappa shape index (κ3) is 47.4. The molecule has 0 saturated carbocycles. The lowest BCUT2D eigenvalue weighted by Gasteiger charge is -2.15. The zero-order valence-electron chi connectivity index (χ0n) is 42.2. The molecule has 0 spiro atoms. The van der Waals surface area contributed by atoms with E-state index in [9.17, 15) is 4.79 Å². The fourth-order valence-corrected chi connectivity index (χ4v) is 7.77. The smallest absolute Gasteiger partial charge is 0.251 e. The monoisotopic (exact) mass is 972 g/mol. The van der Waals surface area contributed by atoms with Gasteiger partial charge in [0.25, 0.3) is 5.91 Å². The van der Waals surface area contributed by atoms with Crippen LogP contribution >= 0.6 is 0 Å². The molecule has 10 heteroatoms. The molecule has 0 aliphatic carbocycles. The normalized spacial score (nSPS) is 11.1. The topological polar surface area (TPSA) is 97.6 Å². The molecule has 0 atom stereocenters. The summed E-state index contributed by atoms with van der Waals surface area (Å²) in [7, 11) is 0. The van der Waals surface area contributed by atoms with Crippen LogP contribution in [-0.4, -0.2) is 58.4 Å². The van der Waals surface area contributed by atoms with Gasteiger partial charge in [-0.3, -0.25) is 4.79 Å². The highest BCUT2D eigenvalue weighted by Crippen LogP contribution is 2.29. The highest BCUT2D eigenvalue weighted by molar-refractivity contribution is 5.94. The number of carbonyl (C=O) groups excluding carboxylic acids is 1. The Morgan fingerprint density at radius 2 is 0.800 bits per heavy atom. The minimum absolute atomic E-state index is 0. The van der Waals surface area contributed by atoms with E-state index in [2.05, 4.69) is 54.1 Å². The lowest BCUT2D eigenvalue weighted by Crippen LogP contribution is -3.00. The molecule has 0 unspecified atom stereocenters. The minimum atomic E-state index is -0.0427. The Balaban J connectivity index is -0.0000128. The Kier molecular flexibility index (Phi) is 59.3. The van der Waals surface area contributed by atoms with Crippen LogP contribution in [0.4, 0.5) is 0 Å². The van der Waals surface area contributed by atoms with Gasteiger partial charge in [-0.1, -0.05) is 154 Å². The first-order chi connectivity index (χ1) is 30.7. The fourth-order valence-electron chi connectivity index (χ4n) is 7.77. The largest absolute Gasteiger partial charge is 1.00 e. The van der Waals surface area contributed by atoms with Gasteiger partial charge in [0, 0.05) is 12.1 Å². The molecule has 1 rings (SSSR count). The van der Waals surface area contributed by atoms with Crippen molar-refractivity contribution in [3.63, 3.8) is 0 Å². The van der Waals surface area contributed by atoms with Crippen LogP contribution in [0.2, 0.25) is 0 Å². The van der Waals surface area contributed by atoms with E-state index >= 15 is 0 Å². The molecular formula is C55H102Cl3N4O3-3. The zero-order valence-corrected chi connectivity index (χ0v) is 44.4. The van der Waals surface area contributed by atoms with E-state index < -0.39 is 0 Å². The Hall–Kier alpha value is -1.48. The summed E-state index contributed by atoms with van der Waals surface area (Å²) >= 11 is 0. The SMILES string of the molecule is CCCCCCCC/C=C\CCCCCCCCOc1ccc(C(=O)NCCCCNCCCCNCCCCN)cc1OCCCCCCCC/C=C\CCCCCCCC.[Cl-].[Cl-].[Cl-]. The Bertz CT molecular complexity index is 1160. The van der Waals surface area contributed by atoms with Gasteiger partial charge in [-0.15, -0.1) is 0 Å². The lowest BCUT2D eigenvalue weighted by molar-refractivity contribution is -0.001000. The van der Waals surface area contributed by atoms with Crippen LogP contribution < -0.4 is 68.4 Å². The summed E-state index contributed by atoms with van der Waals surface area (Å²) in [5.41, 5.74) is 6.20. The summed E-state index contributed by atoms with van der Waals surface area (Å²) in [4.78, 5) is 13.1. The third-order valence-corrected chi connectivity index (χ3v) is 11.9. The second kappa shape index (κ2) is 56.8. The van der Waals surface area contributed by atoms with E-state index in [1.807, 2.05) is 18.2 Å². The minimum Gasteiger partial charge on any atom is -1.00 e. The maximum Gasteiger partial charge on any atom is 0.251 e.